The number of rotatable bonds is 5. The average molecular weight is 264 g/mol. The van der Waals surface area contributed by atoms with E-state index in [9.17, 15) is 8.42 Å². The highest BCUT2D eigenvalue weighted by atomic mass is 32.2. The Labute approximate surface area is 102 Å². The zero-order valence-corrected chi connectivity index (χ0v) is 11.1. The Kier molecular flexibility index (Phi) is 5.35. The van der Waals surface area contributed by atoms with E-state index in [2.05, 4.69) is 5.16 Å². The number of nitrogens with zero attached hydrogens (tertiary/aromatic N) is 2. The zero-order valence-electron chi connectivity index (χ0n) is 10.3. The number of hydrogen-bond acceptors (Lipinski definition) is 5. The van der Waals surface area contributed by atoms with Crippen LogP contribution < -0.4 is 0 Å². The van der Waals surface area contributed by atoms with Crippen LogP contribution in [0.3, 0.4) is 0 Å². The van der Waals surface area contributed by atoms with Crippen LogP contribution in [0.2, 0.25) is 0 Å². The monoisotopic (exact) mass is 264 g/mol. The maximum atomic E-state index is 11.9. The van der Waals surface area contributed by atoms with Crippen LogP contribution in [0.15, 0.2) is 5.16 Å². The standard InChI is InChI=1S/C10H20N2O4S/c1-3-9-8-12(5-4-10(9)11-13)17(14,15)7-6-16-2/h9,13H,3-8H2,1-2H3. The van der Waals surface area contributed by atoms with Crippen molar-refractivity contribution < 1.29 is 18.4 Å². The highest BCUT2D eigenvalue weighted by Crippen LogP contribution is 2.20. The van der Waals surface area contributed by atoms with Gasteiger partial charge in [0.15, 0.2) is 0 Å². The Balaban J connectivity index is 2.69. The van der Waals surface area contributed by atoms with E-state index in [1.165, 1.54) is 11.4 Å². The summed E-state index contributed by atoms with van der Waals surface area (Å²) < 4.78 is 30.2. The normalized spacial score (nSPS) is 25.3. The molecule has 0 aromatic rings. The van der Waals surface area contributed by atoms with Crippen molar-refractivity contribution in [3.8, 4) is 0 Å². The van der Waals surface area contributed by atoms with Crippen molar-refractivity contribution in [3.63, 3.8) is 0 Å². The first kappa shape index (κ1) is 14.4. The summed E-state index contributed by atoms with van der Waals surface area (Å²) in [6.07, 6.45) is 1.27. The van der Waals surface area contributed by atoms with Gasteiger partial charge in [-0.05, 0) is 6.42 Å². The van der Waals surface area contributed by atoms with E-state index < -0.39 is 10.0 Å². The summed E-state index contributed by atoms with van der Waals surface area (Å²) in [5.41, 5.74) is 0.700. The molecule has 1 fully saturated rings. The van der Waals surface area contributed by atoms with Gasteiger partial charge in [0.2, 0.25) is 10.0 Å². The molecule has 1 unspecified atom stereocenters. The fraction of sp³-hybridized carbons (Fsp3) is 0.900. The second-order valence-electron chi connectivity index (χ2n) is 4.11. The largest absolute Gasteiger partial charge is 0.411 e. The van der Waals surface area contributed by atoms with Gasteiger partial charge < -0.3 is 9.94 Å². The van der Waals surface area contributed by atoms with Crippen LogP contribution in [0, 0.1) is 5.92 Å². The molecule has 0 aromatic carbocycles. The zero-order chi connectivity index (χ0) is 12.9. The van der Waals surface area contributed by atoms with Crippen LogP contribution in [-0.4, -0.2) is 56.2 Å². The van der Waals surface area contributed by atoms with E-state index in [4.69, 9.17) is 9.94 Å². The molecule has 0 aliphatic carbocycles. The molecule has 1 saturated heterocycles. The van der Waals surface area contributed by atoms with Gasteiger partial charge in [-0.25, -0.2) is 12.7 Å². The lowest BCUT2D eigenvalue weighted by atomic mass is 9.95. The molecule has 100 valence electrons. The summed E-state index contributed by atoms with van der Waals surface area (Å²) in [4.78, 5) is 0. The molecule has 0 radical (unpaired) electrons. The predicted molar refractivity (Wildman–Crippen MR) is 64.9 cm³/mol. The van der Waals surface area contributed by atoms with Gasteiger partial charge in [-0.3, -0.25) is 0 Å². The van der Waals surface area contributed by atoms with E-state index in [0.717, 1.165) is 6.42 Å². The third-order valence-corrected chi connectivity index (χ3v) is 4.87. The maximum absolute atomic E-state index is 11.9. The molecular formula is C10H20N2O4S. The summed E-state index contributed by atoms with van der Waals surface area (Å²) in [6.45, 7) is 2.96. The van der Waals surface area contributed by atoms with Crippen LogP contribution in [-0.2, 0) is 14.8 Å². The first-order valence-corrected chi connectivity index (χ1v) is 7.33. The van der Waals surface area contributed by atoms with Crippen molar-refractivity contribution in [3.05, 3.63) is 0 Å². The van der Waals surface area contributed by atoms with Crippen LogP contribution in [0.1, 0.15) is 19.8 Å². The molecule has 0 aromatic heterocycles. The Morgan fingerprint density at radius 2 is 2.29 bits per heavy atom. The molecular weight excluding hydrogens is 244 g/mol. The Morgan fingerprint density at radius 3 is 2.82 bits per heavy atom. The molecule has 0 bridgehead atoms. The van der Waals surface area contributed by atoms with Crippen LogP contribution in [0.5, 0.6) is 0 Å². The van der Waals surface area contributed by atoms with E-state index in [0.29, 0.717) is 25.2 Å². The lowest BCUT2D eigenvalue weighted by Crippen LogP contribution is -2.45. The second-order valence-corrected chi connectivity index (χ2v) is 6.20. The molecule has 0 amide bonds. The number of sulfonamides is 1. The Morgan fingerprint density at radius 1 is 1.59 bits per heavy atom. The van der Waals surface area contributed by atoms with Gasteiger partial charge in [0.1, 0.15) is 0 Å². The number of methoxy groups -OCH3 is 1. The maximum Gasteiger partial charge on any atom is 0.216 e. The Hall–Kier alpha value is -0.660. The first-order chi connectivity index (χ1) is 8.05. The quantitative estimate of drug-likeness (QED) is 0.580. The van der Waals surface area contributed by atoms with Gasteiger partial charge in [0, 0.05) is 32.5 Å². The molecule has 1 aliphatic rings. The number of ether oxygens (including phenoxy) is 1. The van der Waals surface area contributed by atoms with Crippen molar-refractivity contribution >= 4 is 15.7 Å². The lowest BCUT2D eigenvalue weighted by molar-refractivity contribution is 0.214. The SMILES string of the molecule is CCC1CN(S(=O)(=O)CCOC)CCC1=NO. The molecule has 1 N–H and O–H groups in total. The second kappa shape index (κ2) is 6.32. The number of hydrogen-bond donors (Lipinski definition) is 1. The molecule has 17 heavy (non-hydrogen) atoms. The molecule has 6 nitrogen and oxygen atoms in total. The summed E-state index contributed by atoms with van der Waals surface area (Å²) in [5, 5.41) is 12.1. The molecule has 0 saturated carbocycles. The third kappa shape index (κ3) is 3.65. The Bertz CT molecular complexity index is 367. The molecule has 1 atom stereocenters. The highest BCUT2D eigenvalue weighted by molar-refractivity contribution is 7.89. The topological polar surface area (TPSA) is 79.2 Å². The lowest BCUT2D eigenvalue weighted by Gasteiger charge is -2.31. The summed E-state index contributed by atoms with van der Waals surface area (Å²) >= 11 is 0. The minimum Gasteiger partial charge on any atom is -0.411 e. The van der Waals surface area contributed by atoms with Crippen molar-refractivity contribution in [1.82, 2.24) is 4.31 Å². The minimum atomic E-state index is -3.25. The minimum absolute atomic E-state index is 0.00549. The molecule has 1 aliphatic heterocycles. The highest BCUT2D eigenvalue weighted by Gasteiger charge is 2.31. The van der Waals surface area contributed by atoms with E-state index in [1.807, 2.05) is 6.92 Å². The van der Waals surface area contributed by atoms with Gasteiger partial charge in [-0.1, -0.05) is 12.1 Å². The van der Waals surface area contributed by atoms with Gasteiger partial charge >= 0.3 is 0 Å². The molecule has 1 rings (SSSR count). The van der Waals surface area contributed by atoms with Gasteiger partial charge in [0.25, 0.3) is 0 Å². The first-order valence-electron chi connectivity index (χ1n) is 5.72. The fourth-order valence-corrected chi connectivity index (χ4v) is 3.36. The summed E-state index contributed by atoms with van der Waals surface area (Å²) in [7, 11) is -1.77. The summed E-state index contributed by atoms with van der Waals surface area (Å²) in [6, 6.07) is 0. The summed E-state index contributed by atoms with van der Waals surface area (Å²) in [5.74, 6) is 0.0250. The van der Waals surface area contributed by atoms with Crippen molar-refractivity contribution in [2.75, 3.05) is 32.6 Å². The smallest absolute Gasteiger partial charge is 0.216 e. The van der Waals surface area contributed by atoms with E-state index in [-0.39, 0.29) is 18.3 Å². The average Bonchev–Trinajstić information content (AvgIpc) is 2.35. The molecule has 1 heterocycles. The van der Waals surface area contributed by atoms with E-state index >= 15 is 0 Å². The van der Waals surface area contributed by atoms with E-state index in [1.54, 1.807) is 0 Å². The van der Waals surface area contributed by atoms with Gasteiger partial charge in [-0.2, -0.15) is 0 Å². The van der Waals surface area contributed by atoms with Crippen molar-refractivity contribution in [2.24, 2.45) is 11.1 Å². The number of oxime groups is 1. The van der Waals surface area contributed by atoms with Crippen molar-refractivity contribution in [1.29, 1.82) is 0 Å². The van der Waals surface area contributed by atoms with Crippen molar-refractivity contribution in [2.45, 2.75) is 19.8 Å². The molecule has 7 heteroatoms. The van der Waals surface area contributed by atoms with Gasteiger partial charge in [-0.15, -0.1) is 0 Å². The van der Waals surface area contributed by atoms with Crippen LogP contribution in [0.25, 0.3) is 0 Å². The third-order valence-electron chi connectivity index (χ3n) is 3.07. The van der Waals surface area contributed by atoms with Crippen LogP contribution >= 0.6 is 0 Å². The van der Waals surface area contributed by atoms with Crippen LogP contribution in [0.4, 0.5) is 0 Å². The predicted octanol–water partition coefficient (Wildman–Crippen LogP) is 0.525. The number of piperidine rings is 1. The molecule has 0 spiro atoms. The fourth-order valence-electron chi connectivity index (χ4n) is 1.95. The van der Waals surface area contributed by atoms with Gasteiger partial charge in [0.05, 0.1) is 18.1 Å².